The average Bonchev–Trinajstić information content (AvgIpc) is 2.57. The van der Waals surface area contributed by atoms with E-state index in [1.165, 1.54) is 0 Å². The predicted molar refractivity (Wildman–Crippen MR) is 84.8 cm³/mol. The molecule has 0 saturated heterocycles. The molecule has 3 rings (SSSR count). The highest BCUT2D eigenvalue weighted by atomic mass is 16.5. The zero-order valence-electron chi connectivity index (χ0n) is 11.7. The third kappa shape index (κ3) is 3.08. The minimum atomic E-state index is 0.254. The largest absolute Gasteiger partial charge is 0.508 e. The van der Waals surface area contributed by atoms with E-state index < -0.39 is 0 Å². The second-order valence-corrected chi connectivity index (χ2v) is 4.81. The van der Waals surface area contributed by atoms with Crippen LogP contribution in [0.15, 0.2) is 72.8 Å². The Morgan fingerprint density at radius 3 is 1.64 bits per heavy atom. The summed E-state index contributed by atoms with van der Waals surface area (Å²) < 4.78 is 5.74. The summed E-state index contributed by atoms with van der Waals surface area (Å²) in [5.74, 6) is 1.67. The molecule has 0 fully saturated rings. The first-order chi connectivity index (χ1) is 10.7. The van der Waals surface area contributed by atoms with Gasteiger partial charge in [0.25, 0.3) is 0 Å². The van der Waals surface area contributed by atoms with Crippen molar-refractivity contribution in [1.82, 2.24) is 0 Å². The Labute approximate surface area is 128 Å². The molecule has 22 heavy (non-hydrogen) atoms. The Bertz CT molecular complexity index is 798. The lowest BCUT2D eigenvalue weighted by molar-refractivity contribution is 0.475. The molecule has 3 aromatic carbocycles. The van der Waals surface area contributed by atoms with Gasteiger partial charge in [0, 0.05) is 0 Å². The molecule has 0 aliphatic heterocycles. The number of rotatable bonds is 3. The summed E-state index contributed by atoms with van der Waals surface area (Å²) >= 11 is 0. The summed E-state index contributed by atoms with van der Waals surface area (Å²) in [5.41, 5.74) is 2.69. The van der Waals surface area contributed by atoms with Gasteiger partial charge in [-0.05, 0) is 59.7 Å². The van der Waals surface area contributed by atoms with Crippen molar-refractivity contribution in [2.24, 2.45) is 0 Å². The molecule has 0 aliphatic rings. The fraction of sp³-hybridized carbons (Fsp3) is 0. The zero-order valence-corrected chi connectivity index (χ0v) is 11.7. The molecule has 0 aromatic heterocycles. The van der Waals surface area contributed by atoms with Crippen molar-refractivity contribution < 1.29 is 9.84 Å². The monoisotopic (exact) mass is 287 g/mol. The number of nitrogens with zero attached hydrogens (tertiary/aromatic N) is 1. The van der Waals surface area contributed by atoms with Crippen LogP contribution in [-0.2, 0) is 0 Å². The fourth-order valence-corrected chi connectivity index (χ4v) is 2.10. The van der Waals surface area contributed by atoms with E-state index in [1.807, 2.05) is 36.4 Å². The van der Waals surface area contributed by atoms with Crippen molar-refractivity contribution >= 4 is 0 Å². The van der Waals surface area contributed by atoms with Crippen LogP contribution in [-0.4, -0.2) is 5.11 Å². The number of ether oxygens (including phenoxy) is 1. The molecule has 0 spiro atoms. The minimum absolute atomic E-state index is 0.254. The summed E-state index contributed by atoms with van der Waals surface area (Å²) in [6.07, 6.45) is 0. The van der Waals surface area contributed by atoms with Gasteiger partial charge in [0.15, 0.2) is 0 Å². The van der Waals surface area contributed by atoms with Crippen molar-refractivity contribution in [3.63, 3.8) is 0 Å². The van der Waals surface area contributed by atoms with Crippen LogP contribution in [0.2, 0.25) is 0 Å². The van der Waals surface area contributed by atoms with Gasteiger partial charge < -0.3 is 9.84 Å². The van der Waals surface area contributed by atoms with Crippen molar-refractivity contribution in [1.29, 1.82) is 5.26 Å². The molecule has 0 bridgehead atoms. The number of hydrogen-bond donors (Lipinski definition) is 1. The average molecular weight is 287 g/mol. The topological polar surface area (TPSA) is 53.2 Å². The predicted octanol–water partition coefficient (Wildman–Crippen LogP) is 4.72. The third-order valence-corrected chi connectivity index (χ3v) is 3.27. The lowest BCUT2D eigenvalue weighted by atomic mass is 10.1. The summed E-state index contributed by atoms with van der Waals surface area (Å²) in [6.45, 7) is 0. The molecule has 3 heteroatoms. The van der Waals surface area contributed by atoms with E-state index in [-0.39, 0.29) is 5.75 Å². The third-order valence-electron chi connectivity index (χ3n) is 3.27. The van der Waals surface area contributed by atoms with Gasteiger partial charge in [-0.2, -0.15) is 5.26 Å². The Hall–Kier alpha value is -3.25. The lowest BCUT2D eigenvalue weighted by Gasteiger charge is -2.07. The second-order valence-electron chi connectivity index (χ2n) is 4.81. The Morgan fingerprint density at radius 1 is 0.682 bits per heavy atom. The first-order valence-electron chi connectivity index (χ1n) is 6.82. The standard InChI is InChI=1S/C19H13NO2/c20-13-14-1-9-18(10-2-14)22-19-11-5-16(6-12-19)15-3-7-17(21)8-4-15/h1-12,21H. The summed E-state index contributed by atoms with van der Waals surface area (Å²) in [5, 5.41) is 18.1. The van der Waals surface area contributed by atoms with Gasteiger partial charge in [0.1, 0.15) is 17.2 Å². The molecule has 0 heterocycles. The summed E-state index contributed by atoms with van der Waals surface area (Å²) in [7, 11) is 0. The normalized spacial score (nSPS) is 9.95. The van der Waals surface area contributed by atoms with E-state index in [2.05, 4.69) is 6.07 Å². The smallest absolute Gasteiger partial charge is 0.127 e. The molecule has 3 nitrogen and oxygen atoms in total. The minimum Gasteiger partial charge on any atom is -0.508 e. The van der Waals surface area contributed by atoms with Gasteiger partial charge in [-0.3, -0.25) is 0 Å². The van der Waals surface area contributed by atoms with Gasteiger partial charge >= 0.3 is 0 Å². The SMILES string of the molecule is N#Cc1ccc(Oc2ccc(-c3ccc(O)cc3)cc2)cc1. The highest BCUT2D eigenvalue weighted by Gasteiger charge is 2.01. The molecule has 0 atom stereocenters. The van der Waals surface area contributed by atoms with E-state index in [9.17, 15) is 5.11 Å². The number of hydrogen-bond acceptors (Lipinski definition) is 3. The lowest BCUT2D eigenvalue weighted by Crippen LogP contribution is -1.85. The van der Waals surface area contributed by atoms with Crippen molar-refractivity contribution in [3.8, 4) is 34.4 Å². The van der Waals surface area contributed by atoms with Gasteiger partial charge in [-0.15, -0.1) is 0 Å². The molecule has 3 aromatic rings. The molecule has 106 valence electrons. The Morgan fingerprint density at radius 2 is 1.14 bits per heavy atom. The van der Waals surface area contributed by atoms with Crippen LogP contribution in [0.3, 0.4) is 0 Å². The summed E-state index contributed by atoms with van der Waals surface area (Å²) in [4.78, 5) is 0. The maximum Gasteiger partial charge on any atom is 0.127 e. The van der Waals surface area contributed by atoms with Crippen LogP contribution in [0.1, 0.15) is 5.56 Å². The first kappa shape index (κ1) is 13.7. The molecule has 0 aliphatic carbocycles. The van der Waals surface area contributed by atoms with Crippen LogP contribution in [0.4, 0.5) is 0 Å². The van der Waals surface area contributed by atoms with Gasteiger partial charge in [-0.1, -0.05) is 24.3 Å². The van der Waals surface area contributed by atoms with Crippen LogP contribution in [0.5, 0.6) is 17.2 Å². The molecule has 1 N–H and O–H groups in total. The van der Waals surface area contributed by atoms with Crippen molar-refractivity contribution in [2.75, 3.05) is 0 Å². The van der Waals surface area contributed by atoms with Crippen molar-refractivity contribution in [2.45, 2.75) is 0 Å². The van der Waals surface area contributed by atoms with Gasteiger partial charge in [0.2, 0.25) is 0 Å². The Kier molecular flexibility index (Phi) is 3.76. The van der Waals surface area contributed by atoms with Crippen LogP contribution in [0, 0.1) is 11.3 Å². The van der Waals surface area contributed by atoms with Crippen molar-refractivity contribution in [3.05, 3.63) is 78.4 Å². The van der Waals surface area contributed by atoms with Crippen LogP contribution < -0.4 is 4.74 Å². The highest BCUT2D eigenvalue weighted by Crippen LogP contribution is 2.26. The van der Waals surface area contributed by atoms with E-state index in [4.69, 9.17) is 10.00 Å². The van der Waals surface area contributed by atoms with Crippen LogP contribution >= 0.6 is 0 Å². The molecular formula is C19H13NO2. The van der Waals surface area contributed by atoms with E-state index >= 15 is 0 Å². The molecule has 0 saturated carbocycles. The van der Waals surface area contributed by atoms with Gasteiger partial charge in [0.05, 0.1) is 11.6 Å². The quantitative estimate of drug-likeness (QED) is 0.758. The molecular weight excluding hydrogens is 274 g/mol. The van der Waals surface area contributed by atoms with Gasteiger partial charge in [-0.25, -0.2) is 0 Å². The zero-order chi connectivity index (χ0) is 15.4. The van der Waals surface area contributed by atoms with E-state index in [0.29, 0.717) is 11.3 Å². The molecule has 0 unspecified atom stereocenters. The fourth-order valence-electron chi connectivity index (χ4n) is 2.10. The van der Waals surface area contributed by atoms with E-state index in [1.54, 1.807) is 36.4 Å². The first-order valence-corrected chi connectivity index (χ1v) is 6.82. The molecule has 0 amide bonds. The second kappa shape index (κ2) is 6.02. The van der Waals surface area contributed by atoms with E-state index in [0.717, 1.165) is 16.9 Å². The summed E-state index contributed by atoms with van der Waals surface area (Å²) in [6, 6.07) is 23.8. The number of phenolic OH excluding ortho intramolecular Hbond substituents is 1. The van der Waals surface area contributed by atoms with Crippen LogP contribution in [0.25, 0.3) is 11.1 Å². The Balaban J connectivity index is 1.76. The highest BCUT2D eigenvalue weighted by molar-refractivity contribution is 5.64. The number of aromatic hydroxyl groups is 1. The number of phenols is 1. The maximum absolute atomic E-state index is 9.31. The number of nitriles is 1. The number of benzene rings is 3. The molecule has 0 radical (unpaired) electrons. The maximum atomic E-state index is 9.31.